The van der Waals surface area contributed by atoms with Crippen molar-refractivity contribution in [3.8, 4) is 0 Å². The fourth-order valence-corrected chi connectivity index (χ4v) is 0. The highest BCUT2D eigenvalue weighted by Crippen LogP contribution is 2.08. The van der Waals surface area contributed by atoms with Crippen molar-refractivity contribution in [2.24, 2.45) is 0 Å². The van der Waals surface area contributed by atoms with E-state index in [4.69, 9.17) is 6.17 Å². The van der Waals surface area contributed by atoms with Gasteiger partial charge >= 0.3 is 6.18 Å². The van der Waals surface area contributed by atoms with Crippen molar-refractivity contribution in [1.82, 2.24) is 0 Å². The summed E-state index contributed by atoms with van der Waals surface area (Å²) in [5.74, 6) is 0.167. The second-order valence-corrected chi connectivity index (χ2v) is 1.51. The lowest BCUT2D eigenvalue weighted by atomic mass is 10.6. The molecule has 0 unspecified atom stereocenters. The quantitative estimate of drug-likeness (QED) is 0.497. The summed E-state index contributed by atoms with van der Waals surface area (Å²) in [6, 6.07) is 0. The van der Waals surface area contributed by atoms with Crippen LogP contribution in [0.2, 0.25) is 0 Å². The summed E-state index contributed by atoms with van der Waals surface area (Å²) in [7, 11) is 0. The highest BCUT2D eigenvalue weighted by molar-refractivity contribution is 5.72. The van der Waals surface area contributed by atoms with Crippen molar-refractivity contribution >= 4 is 12.0 Å². The van der Waals surface area contributed by atoms with Gasteiger partial charge in [0.25, 0.3) is 0 Å². The van der Waals surface area contributed by atoms with Crippen molar-refractivity contribution < 1.29 is 24.1 Å². The molecule has 0 aromatic rings. The fraction of sp³-hybridized carbons (Fsp3) is 0.600. The molecule has 0 saturated carbocycles. The summed E-state index contributed by atoms with van der Waals surface area (Å²) in [5, 5.41) is 0. The normalized spacial score (nSPS) is 10.7. The van der Waals surface area contributed by atoms with Gasteiger partial charge in [-0.15, -0.1) is 0 Å². The number of alkyl halides is 3. The molecule has 0 N–H and O–H groups in total. The van der Waals surface area contributed by atoms with E-state index in [1.165, 1.54) is 13.8 Å². The van der Waals surface area contributed by atoms with Crippen molar-refractivity contribution in [2.75, 3.05) is 0 Å². The smallest absolute Gasteiger partial charge is 0.300 e. The van der Waals surface area contributed by atoms with E-state index in [-0.39, 0.29) is 5.78 Å². The van der Waals surface area contributed by atoms with Crippen LogP contribution in [0.3, 0.4) is 0 Å². The van der Waals surface area contributed by atoms with Crippen molar-refractivity contribution in [3.63, 3.8) is 0 Å². The minimum absolute atomic E-state index is 0.167. The highest BCUT2D eigenvalue weighted by Gasteiger charge is 2.24. The van der Waals surface area contributed by atoms with Crippen LogP contribution in [0.5, 0.6) is 0 Å². The Balaban J connectivity index is 0. The number of Topliss-reactive ketones (excluding diaryl/α,β-unsaturated/α-hetero) is 1. The number of carbonyl (C=O) groups excluding carboxylic acids is 2. The SMILES string of the molecule is CC(C)=O.[2H]C(=O)C(F)(F)F. The van der Waals surface area contributed by atoms with Gasteiger partial charge in [-0.25, -0.2) is 0 Å². The van der Waals surface area contributed by atoms with Crippen molar-refractivity contribution in [2.45, 2.75) is 20.0 Å². The van der Waals surface area contributed by atoms with E-state index >= 15 is 0 Å². The van der Waals surface area contributed by atoms with E-state index in [0.717, 1.165) is 0 Å². The van der Waals surface area contributed by atoms with E-state index in [1.54, 1.807) is 0 Å². The first-order valence-corrected chi connectivity index (χ1v) is 2.23. The van der Waals surface area contributed by atoms with E-state index in [1.807, 2.05) is 0 Å². The summed E-state index contributed by atoms with van der Waals surface area (Å²) in [6.45, 7) is 3.06. The van der Waals surface area contributed by atoms with Gasteiger partial charge in [-0.3, -0.25) is 4.79 Å². The second-order valence-electron chi connectivity index (χ2n) is 1.51. The molecule has 0 saturated heterocycles. The molecule has 0 bridgehead atoms. The van der Waals surface area contributed by atoms with Crippen LogP contribution in [-0.4, -0.2) is 18.2 Å². The Morgan fingerprint density at radius 2 is 1.60 bits per heavy atom. The lowest BCUT2D eigenvalue weighted by molar-refractivity contribution is -0.156. The Hall–Kier alpha value is -0.870. The first kappa shape index (κ1) is 9.13. The Kier molecular flexibility index (Phi) is 4.53. The van der Waals surface area contributed by atoms with Crippen LogP contribution in [0.1, 0.15) is 15.2 Å². The third-order valence-corrected chi connectivity index (χ3v) is 0.116. The third-order valence-electron chi connectivity index (χ3n) is 0.116. The summed E-state index contributed by atoms with van der Waals surface area (Å²) >= 11 is 0. The van der Waals surface area contributed by atoms with Gasteiger partial charge < -0.3 is 4.79 Å². The van der Waals surface area contributed by atoms with E-state index in [9.17, 15) is 18.0 Å². The number of ketones is 1. The molecule has 60 valence electrons. The minimum atomic E-state index is -4.97. The molecule has 0 aliphatic rings. The van der Waals surface area contributed by atoms with Crippen molar-refractivity contribution in [1.29, 1.82) is 0 Å². The summed E-state index contributed by atoms with van der Waals surface area (Å²) in [4.78, 5) is 18.5. The molecule has 0 spiro atoms. The molecule has 0 aromatic carbocycles. The maximum absolute atomic E-state index is 10.6. The monoisotopic (exact) mass is 157 g/mol. The first-order chi connectivity index (χ1) is 4.68. The largest absolute Gasteiger partial charge is 0.446 e. The van der Waals surface area contributed by atoms with Crippen LogP contribution in [0.15, 0.2) is 0 Å². The number of rotatable bonds is 0. The predicted molar refractivity (Wildman–Crippen MR) is 28.5 cm³/mol. The molecule has 0 aromatic heterocycles. The van der Waals surface area contributed by atoms with E-state index in [2.05, 4.69) is 0 Å². The number of aldehydes is 1. The fourth-order valence-electron chi connectivity index (χ4n) is 0. The van der Waals surface area contributed by atoms with Crippen molar-refractivity contribution in [3.05, 3.63) is 0 Å². The molecule has 0 radical (unpaired) electrons. The maximum atomic E-state index is 10.6. The molecular formula is C5H7F3O2. The van der Waals surface area contributed by atoms with Gasteiger partial charge in [-0.1, -0.05) is 0 Å². The zero-order valence-electron chi connectivity index (χ0n) is 6.45. The first-order valence-electron chi connectivity index (χ1n) is 2.73. The van der Waals surface area contributed by atoms with Gasteiger partial charge in [0.05, 0.1) is 0 Å². The summed E-state index contributed by atoms with van der Waals surface area (Å²) in [6.07, 6.45) is -7.48. The van der Waals surface area contributed by atoms with Gasteiger partial charge in [0, 0.05) is 0 Å². The highest BCUT2D eigenvalue weighted by atomic mass is 19.4. The zero-order valence-corrected chi connectivity index (χ0v) is 5.45. The number of carbonyl (C=O) groups is 2. The van der Waals surface area contributed by atoms with Crippen LogP contribution in [0.4, 0.5) is 13.2 Å². The molecule has 0 aliphatic heterocycles. The summed E-state index contributed by atoms with van der Waals surface area (Å²) < 4.78 is 37.4. The van der Waals surface area contributed by atoms with Gasteiger partial charge in [0.2, 0.25) is 6.26 Å². The lowest BCUT2D eigenvalue weighted by Crippen LogP contribution is -2.07. The molecule has 0 amide bonds. The Bertz CT molecular complexity index is 148. The maximum Gasteiger partial charge on any atom is 0.446 e. The van der Waals surface area contributed by atoms with Gasteiger partial charge in [0.15, 0.2) is 0 Å². The molecular weight excluding hydrogens is 149 g/mol. The van der Waals surface area contributed by atoms with E-state index < -0.39 is 12.4 Å². The molecule has 5 heteroatoms. The average molecular weight is 157 g/mol. The van der Waals surface area contributed by atoms with E-state index in [0.29, 0.717) is 0 Å². The topological polar surface area (TPSA) is 34.1 Å². The predicted octanol–water partition coefficient (Wildman–Crippen LogP) is 1.34. The Morgan fingerprint density at radius 1 is 1.50 bits per heavy atom. The van der Waals surface area contributed by atoms with Gasteiger partial charge in [-0.05, 0) is 13.8 Å². The Labute approximate surface area is 57.4 Å². The number of halogens is 3. The molecule has 0 atom stereocenters. The minimum Gasteiger partial charge on any atom is -0.300 e. The summed E-state index contributed by atoms with van der Waals surface area (Å²) in [5.41, 5.74) is 0. The molecule has 0 aliphatic carbocycles. The van der Waals surface area contributed by atoms with Crippen LogP contribution in [0, 0.1) is 0 Å². The standard InChI is InChI=1S/C3H6O.C2HF3O/c1-3(2)4;3-2(4,5)1-6/h1-2H3;1H/i;1D. The van der Waals surface area contributed by atoms with Crippen LogP contribution in [-0.2, 0) is 9.59 Å². The Morgan fingerprint density at radius 3 is 1.60 bits per heavy atom. The van der Waals surface area contributed by atoms with Crippen LogP contribution >= 0.6 is 0 Å². The second kappa shape index (κ2) is 4.96. The molecule has 2 nitrogen and oxygen atoms in total. The zero-order chi connectivity index (χ0) is 9.65. The average Bonchev–Trinajstić information content (AvgIpc) is 1.59. The number of hydrogen-bond donors (Lipinski definition) is 0. The lowest BCUT2D eigenvalue weighted by Gasteiger charge is -1.87. The van der Waals surface area contributed by atoms with Gasteiger partial charge in [-0.2, -0.15) is 13.2 Å². The molecule has 10 heavy (non-hydrogen) atoms. The van der Waals surface area contributed by atoms with Gasteiger partial charge in [0.1, 0.15) is 7.15 Å². The van der Waals surface area contributed by atoms with Crippen LogP contribution in [0.25, 0.3) is 0 Å². The number of hydrogen-bond acceptors (Lipinski definition) is 2. The third kappa shape index (κ3) is 59.1. The molecule has 0 fully saturated rings. The van der Waals surface area contributed by atoms with Crippen LogP contribution < -0.4 is 0 Å². The molecule has 0 heterocycles. The molecule has 0 rings (SSSR count).